The summed E-state index contributed by atoms with van der Waals surface area (Å²) in [5, 5.41) is 3.18. The Bertz CT molecular complexity index is 936. The third-order valence-electron chi connectivity index (χ3n) is 5.04. The van der Waals surface area contributed by atoms with Crippen LogP contribution in [-0.2, 0) is 14.3 Å². The van der Waals surface area contributed by atoms with Crippen LogP contribution in [0.4, 0.5) is 5.69 Å². The maximum atomic E-state index is 13.2. The van der Waals surface area contributed by atoms with Crippen LogP contribution in [0.5, 0.6) is 5.75 Å². The van der Waals surface area contributed by atoms with E-state index in [0.29, 0.717) is 37.4 Å². The Kier molecular flexibility index (Phi) is 8.45. The first-order chi connectivity index (χ1) is 15.5. The smallest absolute Gasteiger partial charge is 0.278 e. The molecule has 0 aromatic heterocycles. The Morgan fingerprint density at radius 2 is 1.59 bits per heavy atom. The van der Waals surface area contributed by atoms with Crippen molar-refractivity contribution in [2.75, 3.05) is 25.1 Å². The number of hydrogen-bond donors (Lipinski definition) is 1. The number of carbonyl (C=O) groups is 2. The molecule has 2 aromatic carbocycles. The van der Waals surface area contributed by atoms with Crippen LogP contribution in [0.15, 0.2) is 60.3 Å². The third-order valence-corrected chi connectivity index (χ3v) is 5.04. The molecule has 2 amide bonds. The van der Waals surface area contributed by atoms with E-state index in [1.165, 1.54) is 4.90 Å². The molecule has 2 aromatic rings. The van der Waals surface area contributed by atoms with Crippen LogP contribution in [0.1, 0.15) is 45.6 Å². The molecule has 0 radical (unpaired) electrons. The Labute approximate surface area is 190 Å². The van der Waals surface area contributed by atoms with E-state index in [0.717, 1.165) is 29.8 Å². The molecule has 6 heteroatoms. The standard InChI is InChI=1S/C26H32N2O4/c1-4-5-17-31-18-9-16-28-25(29)23(20-10-7-6-8-11-20)24(26(28)30)27-21-12-14-22(15-13-21)32-19(2)3/h6-8,10-15,19,27H,4-5,9,16-18H2,1-3H3. The number of hydrogen-bond acceptors (Lipinski definition) is 5. The summed E-state index contributed by atoms with van der Waals surface area (Å²) in [6.07, 6.45) is 2.77. The molecule has 0 spiro atoms. The molecule has 0 saturated carbocycles. The van der Waals surface area contributed by atoms with Gasteiger partial charge in [0.15, 0.2) is 0 Å². The lowest BCUT2D eigenvalue weighted by Gasteiger charge is -2.15. The van der Waals surface area contributed by atoms with Gasteiger partial charge in [-0.2, -0.15) is 0 Å². The summed E-state index contributed by atoms with van der Waals surface area (Å²) in [6.45, 7) is 7.60. The van der Waals surface area contributed by atoms with Crippen molar-refractivity contribution in [3.05, 3.63) is 65.9 Å². The minimum absolute atomic E-state index is 0.0785. The number of benzene rings is 2. The summed E-state index contributed by atoms with van der Waals surface area (Å²) < 4.78 is 11.3. The first kappa shape index (κ1) is 23.5. The lowest BCUT2D eigenvalue weighted by molar-refractivity contribution is -0.137. The Morgan fingerprint density at radius 1 is 0.906 bits per heavy atom. The SMILES string of the molecule is CCCCOCCCN1C(=O)C(Nc2ccc(OC(C)C)cc2)=C(c2ccccc2)C1=O. The van der Waals surface area contributed by atoms with Gasteiger partial charge in [0.1, 0.15) is 11.4 Å². The first-order valence-corrected chi connectivity index (χ1v) is 11.3. The number of carbonyl (C=O) groups excluding carboxylic acids is 2. The van der Waals surface area contributed by atoms with Crippen molar-refractivity contribution in [2.45, 2.75) is 46.1 Å². The highest BCUT2D eigenvalue weighted by atomic mass is 16.5. The molecular weight excluding hydrogens is 404 g/mol. The monoisotopic (exact) mass is 436 g/mol. The van der Waals surface area contributed by atoms with Crippen molar-refractivity contribution in [3.8, 4) is 5.75 Å². The Morgan fingerprint density at radius 3 is 2.25 bits per heavy atom. The van der Waals surface area contributed by atoms with E-state index in [1.54, 1.807) is 0 Å². The summed E-state index contributed by atoms with van der Waals surface area (Å²) in [5.41, 5.74) is 2.13. The van der Waals surface area contributed by atoms with Gasteiger partial charge in [0.05, 0.1) is 11.7 Å². The quantitative estimate of drug-likeness (QED) is 0.380. The predicted molar refractivity (Wildman–Crippen MR) is 126 cm³/mol. The highest BCUT2D eigenvalue weighted by Crippen LogP contribution is 2.31. The van der Waals surface area contributed by atoms with E-state index in [9.17, 15) is 9.59 Å². The molecule has 0 unspecified atom stereocenters. The number of imide groups is 1. The van der Waals surface area contributed by atoms with E-state index in [-0.39, 0.29) is 17.9 Å². The topological polar surface area (TPSA) is 67.9 Å². The number of anilines is 1. The van der Waals surface area contributed by atoms with E-state index >= 15 is 0 Å². The van der Waals surface area contributed by atoms with Gasteiger partial charge in [0, 0.05) is 25.4 Å². The second-order valence-electron chi connectivity index (χ2n) is 8.01. The van der Waals surface area contributed by atoms with Gasteiger partial charge in [-0.15, -0.1) is 0 Å². The van der Waals surface area contributed by atoms with Crippen molar-refractivity contribution in [2.24, 2.45) is 0 Å². The average molecular weight is 437 g/mol. The molecule has 0 fully saturated rings. The molecular formula is C26H32N2O4. The summed E-state index contributed by atoms with van der Waals surface area (Å²) in [6, 6.07) is 16.7. The second-order valence-corrected chi connectivity index (χ2v) is 8.01. The van der Waals surface area contributed by atoms with E-state index < -0.39 is 0 Å². The maximum Gasteiger partial charge on any atom is 0.278 e. The zero-order valence-electron chi connectivity index (χ0n) is 19.1. The minimum atomic E-state index is -0.315. The molecule has 1 aliphatic rings. The molecule has 170 valence electrons. The van der Waals surface area contributed by atoms with Gasteiger partial charge in [-0.05, 0) is 56.5 Å². The molecule has 0 atom stereocenters. The van der Waals surface area contributed by atoms with Crippen molar-refractivity contribution in [1.29, 1.82) is 0 Å². The number of nitrogens with zero attached hydrogens (tertiary/aromatic N) is 1. The summed E-state index contributed by atoms with van der Waals surface area (Å²) in [7, 11) is 0. The van der Waals surface area contributed by atoms with E-state index in [1.807, 2.05) is 68.4 Å². The number of nitrogens with one attached hydrogen (secondary N) is 1. The van der Waals surface area contributed by atoms with Crippen molar-refractivity contribution >= 4 is 23.1 Å². The molecule has 1 N–H and O–H groups in total. The van der Waals surface area contributed by atoms with Gasteiger partial charge < -0.3 is 14.8 Å². The van der Waals surface area contributed by atoms with Crippen molar-refractivity contribution in [1.82, 2.24) is 4.90 Å². The molecule has 1 heterocycles. The van der Waals surface area contributed by atoms with Gasteiger partial charge >= 0.3 is 0 Å². The molecule has 1 aliphatic heterocycles. The number of ether oxygens (including phenoxy) is 2. The number of amides is 2. The van der Waals surface area contributed by atoms with Gasteiger partial charge in [0.2, 0.25) is 0 Å². The zero-order chi connectivity index (χ0) is 22.9. The molecule has 6 nitrogen and oxygen atoms in total. The molecule has 0 saturated heterocycles. The van der Waals surface area contributed by atoms with Crippen LogP contribution in [-0.4, -0.2) is 42.6 Å². The summed E-state index contributed by atoms with van der Waals surface area (Å²) in [5.74, 6) is 0.156. The maximum absolute atomic E-state index is 13.2. The first-order valence-electron chi connectivity index (χ1n) is 11.3. The van der Waals surface area contributed by atoms with Crippen LogP contribution in [0, 0.1) is 0 Å². The minimum Gasteiger partial charge on any atom is -0.491 e. The van der Waals surface area contributed by atoms with Crippen LogP contribution >= 0.6 is 0 Å². The van der Waals surface area contributed by atoms with E-state index in [4.69, 9.17) is 9.47 Å². The molecule has 32 heavy (non-hydrogen) atoms. The number of unbranched alkanes of at least 4 members (excludes halogenated alkanes) is 1. The molecule has 0 bridgehead atoms. The lowest BCUT2D eigenvalue weighted by atomic mass is 10.0. The van der Waals surface area contributed by atoms with Crippen LogP contribution in [0.3, 0.4) is 0 Å². The Hall–Kier alpha value is -3.12. The van der Waals surface area contributed by atoms with Crippen molar-refractivity contribution < 1.29 is 19.1 Å². The van der Waals surface area contributed by atoms with Gasteiger partial charge in [-0.1, -0.05) is 43.7 Å². The molecule has 0 aliphatic carbocycles. The molecule has 3 rings (SSSR count). The average Bonchev–Trinajstić information content (AvgIpc) is 3.01. The fourth-order valence-corrected chi connectivity index (χ4v) is 3.47. The fraction of sp³-hybridized carbons (Fsp3) is 0.385. The van der Waals surface area contributed by atoms with Gasteiger partial charge in [-0.3, -0.25) is 14.5 Å². The van der Waals surface area contributed by atoms with Crippen LogP contribution < -0.4 is 10.1 Å². The largest absolute Gasteiger partial charge is 0.491 e. The van der Waals surface area contributed by atoms with Gasteiger partial charge in [-0.25, -0.2) is 0 Å². The number of rotatable bonds is 12. The highest BCUT2D eigenvalue weighted by Gasteiger charge is 2.38. The zero-order valence-corrected chi connectivity index (χ0v) is 19.1. The predicted octanol–water partition coefficient (Wildman–Crippen LogP) is 4.87. The third kappa shape index (κ3) is 5.98. The van der Waals surface area contributed by atoms with E-state index in [2.05, 4.69) is 12.2 Å². The highest BCUT2D eigenvalue weighted by molar-refractivity contribution is 6.36. The van der Waals surface area contributed by atoms with Crippen LogP contribution in [0.2, 0.25) is 0 Å². The Balaban J connectivity index is 1.77. The normalized spacial score (nSPS) is 13.9. The second kappa shape index (κ2) is 11.5. The lowest BCUT2D eigenvalue weighted by Crippen LogP contribution is -2.34. The van der Waals surface area contributed by atoms with Crippen LogP contribution in [0.25, 0.3) is 5.57 Å². The van der Waals surface area contributed by atoms with Gasteiger partial charge in [0.25, 0.3) is 11.8 Å². The summed E-state index contributed by atoms with van der Waals surface area (Å²) in [4.78, 5) is 27.7. The fourth-order valence-electron chi connectivity index (χ4n) is 3.47. The van der Waals surface area contributed by atoms with Crippen molar-refractivity contribution in [3.63, 3.8) is 0 Å². The summed E-state index contributed by atoms with van der Waals surface area (Å²) >= 11 is 0.